The van der Waals surface area contributed by atoms with Crippen molar-refractivity contribution in [2.24, 2.45) is 0 Å². The Hall–Kier alpha value is -1.02. The van der Waals surface area contributed by atoms with Crippen LogP contribution in [0, 0.1) is 6.92 Å². The fourth-order valence-electron chi connectivity index (χ4n) is 2.36. The van der Waals surface area contributed by atoms with Crippen LogP contribution in [0.4, 0.5) is 5.69 Å². The number of anilines is 1. The minimum atomic E-state index is 0.678. The number of nitrogens with zero attached hydrogens (tertiary/aromatic N) is 1. The van der Waals surface area contributed by atoms with E-state index in [0.717, 1.165) is 19.6 Å². The number of hydrogen-bond donors (Lipinski definition) is 1. The smallest absolute Gasteiger partial charge is 0.0426 e. The Labute approximate surface area is 92.3 Å². The highest BCUT2D eigenvalue weighted by atomic mass is 15.2. The number of rotatable bonds is 3. The van der Waals surface area contributed by atoms with Crippen LogP contribution in [0.25, 0.3) is 0 Å². The summed E-state index contributed by atoms with van der Waals surface area (Å²) in [5.41, 5.74) is 2.71. The fraction of sp³-hybridized carbons (Fsp3) is 0.538. The van der Waals surface area contributed by atoms with Crippen LogP contribution < -0.4 is 10.2 Å². The average Bonchev–Trinajstić information content (AvgIpc) is 2.72. The predicted molar refractivity (Wildman–Crippen MR) is 65.5 cm³/mol. The first kappa shape index (κ1) is 10.5. The van der Waals surface area contributed by atoms with E-state index in [-0.39, 0.29) is 0 Å². The van der Waals surface area contributed by atoms with Gasteiger partial charge in [0.2, 0.25) is 0 Å². The molecule has 0 spiro atoms. The fourth-order valence-corrected chi connectivity index (χ4v) is 2.36. The van der Waals surface area contributed by atoms with Crippen molar-refractivity contribution >= 4 is 5.69 Å². The van der Waals surface area contributed by atoms with Gasteiger partial charge in [0.25, 0.3) is 0 Å². The van der Waals surface area contributed by atoms with Crippen LogP contribution in [0.1, 0.15) is 18.9 Å². The van der Waals surface area contributed by atoms with Crippen LogP contribution in [0.2, 0.25) is 0 Å². The van der Waals surface area contributed by atoms with E-state index in [4.69, 9.17) is 0 Å². The predicted octanol–water partition coefficient (Wildman–Crippen LogP) is 2.18. The molecule has 1 aromatic rings. The topological polar surface area (TPSA) is 15.3 Å². The Balaban J connectivity index is 2.18. The van der Waals surface area contributed by atoms with Gasteiger partial charge in [-0.25, -0.2) is 0 Å². The van der Waals surface area contributed by atoms with Crippen molar-refractivity contribution in [1.29, 1.82) is 0 Å². The van der Waals surface area contributed by atoms with E-state index in [2.05, 4.69) is 48.3 Å². The molecule has 2 nitrogen and oxygen atoms in total. The van der Waals surface area contributed by atoms with Crippen molar-refractivity contribution in [2.75, 3.05) is 24.5 Å². The summed E-state index contributed by atoms with van der Waals surface area (Å²) >= 11 is 0. The summed E-state index contributed by atoms with van der Waals surface area (Å²) in [7, 11) is 0. The first-order valence-electron chi connectivity index (χ1n) is 5.85. The van der Waals surface area contributed by atoms with E-state index in [9.17, 15) is 0 Å². The SMILES string of the molecule is CCN(c1cccc(C)c1)C1CCNC1. The molecule has 1 aromatic carbocycles. The normalized spacial score (nSPS) is 20.5. The average molecular weight is 204 g/mol. The van der Waals surface area contributed by atoms with Gasteiger partial charge in [0.1, 0.15) is 0 Å². The third-order valence-electron chi connectivity index (χ3n) is 3.15. The second-order valence-corrected chi connectivity index (χ2v) is 4.27. The quantitative estimate of drug-likeness (QED) is 0.812. The molecule has 1 unspecified atom stereocenters. The summed E-state index contributed by atoms with van der Waals surface area (Å²) in [5.74, 6) is 0. The summed E-state index contributed by atoms with van der Waals surface area (Å²) in [4.78, 5) is 2.51. The van der Waals surface area contributed by atoms with Gasteiger partial charge in [-0.3, -0.25) is 0 Å². The monoisotopic (exact) mass is 204 g/mol. The first-order valence-corrected chi connectivity index (χ1v) is 5.85. The van der Waals surface area contributed by atoms with Gasteiger partial charge in [-0.05, 0) is 44.5 Å². The standard InChI is InChI=1S/C13H20N2/c1-3-15(13-7-8-14-10-13)12-6-4-5-11(2)9-12/h4-6,9,13-14H,3,7-8,10H2,1-2H3. The molecular weight excluding hydrogens is 184 g/mol. The van der Waals surface area contributed by atoms with E-state index in [0.29, 0.717) is 6.04 Å². The van der Waals surface area contributed by atoms with Crippen molar-refractivity contribution in [1.82, 2.24) is 5.32 Å². The molecule has 1 fully saturated rings. The van der Waals surface area contributed by atoms with Gasteiger partial charge >= 0.3 is 0 Å². The van der Waals surface area contributed by atoms with Gasteiger partial charge in [-0.1, -0.05) is 12.1 Å². The van der Waals surface area contributed by atoms with E-state index >= 15 is 0 Å². The van der Waals surface area contributed by atoms with E-state index in [1.54, 1.807) is 0 Å². The van der Waals surface area contributed by atoms with E-state index < -0.39 is 0 Å². The third kappa shape index (κ3) is 2.32. The maximum atomic E-state index is 3.43. The van der Waals surface area contributed by atoms with Crippen LogP contribution in [0.15, 0.2) is 24.3 Å². The number of aryl methyl sites for hydroxylation is 1. The molecule has 1 atom stereocenters. The molecule has 0 aromatic heterocycles. The molecule has 0 amide bonds. The van der Waals surface area contributed by atoms with E-state index in [1.807, 2.05) is 0 Å². The van der Waals surface area contributed by atoms with Gasteiger partial charge in [0.05, 0.1) is 0 Å². The molecule has 1 N–H and O–H groups in total. The Morgan fingerprint density at radius 3 is 2.93 bits per heavy atom. The highest BCUT2D eigenvalue weighted by Crippen LogP contribution is 2.20. The van der Waals surface area contributed by atoms with Gasteiger partial charge < -0.3 is 10.2 Å². The third-order valence-corrected chi connectivity index (χ3v) is 3.15. The zero-order chi connectivity index (χ0) is 10.7. The first-order chi connectivity index (χ1) is 7.31. The van der Waals surface area contributed by atoms with Crippen LogP contribution in [-0.2, 0) is 0 Å². The number of benzene rings is 1. The van der Waals surface area contributed by atoms with E-state index in [1.165, 1.54) is 17.7 Å². The summed E-state index contributed by atoms with van der Waals surface area (Å²) in [6.45, 7) is 7.77. The molecular formula is C13H20N2. The molecule has 2 heteroatoms. The summed E-state index contributed by atoms with van der Waals surface area (Å²) < 4.78 is 0. The van der Waals surface area contributed by atoms with Gasteiger partial charge in [0, 0.05) is 24.8 Å². The van der Waals surface area contributed by atoms with Crippen LogP contribution >= 0.6 is 0 Å². The van der Waals surface area contributed by atoms with Gasteiger partial charge in [-0.15, -0.1) is 0 Å². The molecule has 1 heterocycles. The molecule has 1 aliphatic rings. The lowest BCUT2D eigenvalue weighted by Gasteiger charge is -2.29. The van der Waals surface area contributed by atoms with Crippen LogP contribution in [0.5, 0.6) is 0 Å². The van der Waals surface area contributed by atoms with Gasteiger partial charge in [-0.2, -0.15) is 0 Å². The minimum absolute atomic E-state index is 0.678. The number of nitrogens with one attached hydrogen (secondary N) is 1. The molecule has 0 radical (unpaired) electrons. The zero-order valence-corrected chi connectivity index (χ0v) is 9.66. The number of hydrogen-bond acceptors (Lipinski definition) is 2. The summed E-state index contributed by atoms with van der Waals surface area (Å²) in [6.07, 6.45) is 1.27. The molecule has 2 rings (SSSR count). The summed E-state index contributed by atoms with van der Waals surface area (Å²) in [5, 5.41) is 3.43. The minimum Gasteiger partial charge on any atom is -0.367 e. The second kappa shape index (κ2) is 4.67. The largest absolute Gasteiger partial charge is 0.367 e. The zero-order valence-electron chi connectivity index (χ0n) is 9.66. The van der Waals surface area contributed by atoms with Gasteiger partial charge in [0.15, 0.2) is 0 Å². The van der Waals surface area contributed by atoms with Crippen LogP contribution in [0.3, 0.4) is 0 Å². The Morgan fingerprint density at radius 1 is 1.47 bits per heavy atom. The molecule has 0 aliphatic carbocycles. The maximum absolute atomic E-state index is 3.43. The molecule has 0 bridgehead atoms. The molecule has 0 saturated carbocycles. The highest BCUT2D eigenvalue weighted by molar-refractivity contribution is 5.49. The molecule has 1 aliphatic heterocycles. The van der Waals surface area contributed by atoms with Crippen molar-refractivity contribution < 1.29 is 0 Å². The Morgan fingerprint density at radius 2 is 2.33 bits per heavy atom. The molecule has 1 saturated heterocycles. The second-order valence-electron chi connectivity index (χ2n) is 4.27. The summed E-state index contributed by atoms with van der Waals surface area (Å²) in [6, 6.07) is 9.48. The lowest BCUT2D eigenvalue weighted by molar-refractivity contribution is 0.648. The Kier molecular flexibility index (Phi) is 3.27. The van der Waals surface area contributed by atoms with Crippen molar-refractivity contribution in [3.8, 4) is 0 Å². The van der Waals surface area contributed by atoms with Crippen molar-refractivity contribution in [3.05, 3.63) is 29.8 Å². The molecule has 82 valence electrons. The van der Waals surface area contributed by atoms with Crippen molar-refractivity contribution in [3.63, 3.8) is 0 Å². The maximum Gasteiger partial charge on any atom is 0.0426 e. The molecule has 15 heavy (non-hydrogen) atoms. The van der Waals surface area contributed by atoms with Crippen LogP contribution in [-0.4, -0.2) is 25.7 Å². The van der Waals surface area contributed by atoms with Crippen molar-refractivity contribution in [2.45, 2.75) is 26.3 Å². The lowest BCUT2D eigenvalue weighted by atomic mass is 10.1. The number of likely N-dealkylation sites (N-methyl/N-ethyl adjacent to an activating group) is 1. The lowest BCUT2D eigenvalue weighted by Crippen LogP contribution is -2.36. The Bertz CT molecular complexity index is 316. The highest BCUT2D eigenvalue weighted by Gasteiger charge is 2.21.